The molecular formula is C18H18ClN2O2+. The number of aryl methyl sites for hydroxylation is 1. The number of methoxy groups -OCH3 is 2. The van der Waals surface area contributed by atoms with Crippen LogP contribution < -0.4 is 20.0 Å². The third-order valence-electron chi connectivity index (χ3n) is 3.93. The highest BCUT2D eigenvalue weighted by atomic mass is 35.5. The van der Waals surface area contributed by atoms with Crippen molar-refractivity contribution in [3.8, 4) is 22.8 Å². The summed E-state index contributed by atoms with van der Waals surface area (Å²) in [5.74, 6) is 7.61. The van der Waals surface area contributed by atoms with Crippen molar-refractivity contribution in [2.24, 2.45) is 0 Å². The number of benzene rings is 2. The molecule has 0 unspecified atom stereocenters. The maximum Gasteiger partial charge on any atom is 0.255 e. The Morgan fingerprint density at radius 1 is 1.04 bits per heavy atom. The zero-order chi connectivity index (χ0) is 16.6. The molecule has 0 radical (unpaired) electrons. The summed E-state index contributed by atoms with van der Waals surface area (Å²) < 4.78 is 12.7. The Morgan fingerprint density at radius 2 is 1.78 bits per heavy atom. The van der Waals surface area contributed by atoms with Gasteiger partial charge in [-0.05, 0) is 29.7 Å². The highest BCUT2D eigenvalue weighted by molar-refractivity contribution is 6.33. The van der Waals surface area contributed by atoms with Crippen LogP contribution in [0.5, 0.6) is 11.5 Å². The molecule has 1 aromatic heterocycles. The molecule has 5 heteroatoms. The SMILES string of the molecule is COc1ccc2cc(C)[n+](N)c(-c3ccccc3Cl)c2c1OC. The second-order valence-corrected chi connectivity index (χ2v) is 5.66. The maximum absolute atomic E-state index is 6.41. The van der Waals surface area contributed by atoms with Gasteiger partial charge in [-0.2, -0.15) is 0 Å². The van der Waals surface area contributed by atoms with Crippen molar-refractivity contribution in [1.82, 2.24) is 0 Å². The molecule has 2 N–H and O–H groups in total. The lowest BCUT2D eigenvalue weighted by Gasteiger charge is -2.13. The van der Waals surface area contributed by atoms with Crippen LogP contribution in [0.2, 0.25) is 5.02 Å². The lowest BCUT2D eigenvalue weighted by atomic mass is 10.0. The van der Waals surface area contributed by atoms with E-state index in [9.17, 15) is 0 Å². The van der Waals surface area contributed by atoms with Gasteiger partial charge in [0.25, 0.3) is 5.69 Å². The van der Waals surface area contributed by atoms with Gasteiger partial charge in [-0.3, -0.25) is 0 Å². The predicted molar refractivity (Wildman–Crippen MR) is 92.6 cm³/mol. The number of nitrogens with zero attached hydrogens (tertiary/aromatic N) is 1. The topological polar surface area (TPSA) is 48.4 Å². The Kier molecular flexibility index (Phi) is 4.01. The van der Waals surface area contributed by atoms with Gasteiger partial charge in [-0.15, -0.1) is 0 Å². The third-order valence-corrected chi connectivity index (χ3v) is 4.26. The Hall–Kier alpha value is -2.46. The predicted octanol–water partition coefficient (Wildman–Crippen LogP) is 3.49. The van der Waals surface area contributed by atoms with Crippen LogP contribution in [0.25, 0.3) is 22.0 Å². The Balaban J connectivity index is 2.53. The van der Waals surface area contributed by atoms with Gasteiger partial charge >= 0.3 is 0 Å². The summed E-state index contributed by atoms with van der Waals surface area (Å²) in [6.07, 6.45) is 0. The summed E-state index contributed by atoms with van der Waals surface area (Å²) in [4.78, 5) is 0. The summed E-state index contributed by atoms with van der Waals surface area (Å²) in [6.45, 7) is 1.95. The molecule has 118 valence electrons. The van der Waals surface area contributed by atoms with E-state index in [1.165, 1.54) is 0 Å². The van der Waals surface area contributed by atoms with Crippen LogP contribution in [-0.2, 0) is 0 Å². The quantitative estimate of drug-likeness (QED) is 0.591. The van der Waals surface area contributed by atoms with Crippen molar-refractivity contribution in [3.63, 3.8) is 0 Å². The van der Waals surface area contributed by atoms with E-state index in [1.807, 2.05) is 49.4 Å². The number of hydrogen-bond donors (Lipinski definition) is 1. The van der Waals surface area contributed by atoms with Crippen LogP contribution in [0.1, 0.15) is 5.69 Å². The number of halogens is 1. The first-order chi connectivity index (χ1) is 11.1. The normalized spacial score (nSPS) is 10.8. The van der Waals surface area contributed by atoms with Gasteiger partial charge in [0.1, 0.15) is 5.39 Å². The van der Waals surface area contributed by atoms with E-state index in [1.54, 1.807) is 18.9 Å². The van der Waals surface area contributed by atoms with Gasteiger partial charge in [-0.1, -0.05) is 28.4 Å². The lowest BCUT2D eigenvalue weighted by Crippen LogP contribution is -2.49. The number of pyridine rings is 1. The number of nitrogens with two attached hydrogens (primary N) is 1. The third kappa shape index (κ3) is 2.45. The Labute approximate surface area is 140 Å². The minimum absolute atomic E-state index is 0.628. The van der Waals surface area contributed by atoms with E-state index in [2.05, 4.69) is 0 Å². The average molecular weight is 330 g/mol. The molecule has 0 aliphatic heterocycles. The summed E-state index contributed by atoms with van der Waals surface area (Å²) in [7, 11) is 3.23. The Morgan fingerprint density at radius 3 is 2.43 bits per heavy atom. The number of fused-ring (bicyclic) bond motifs is 1. The lowest BCUT2D eigenvalue weighted by molar-refractivity contribution is -0.632. The molecule has 23 heavy (non-hydrogen) atoms. The van der Waals surface area contributed by atoms with Gasteiger partial charge in [0.15, 0.2) is 11.5 Å². The number of ether oxygens (including phenoxy) is 2. The fourth-order valence-electron chi connectivity index (χ4n) is 2.82. The molecule has 0 bridgehead atoms. The zero-order valence-electron chi connectivity index (χ0n) is 13.3. The first-order valence-corrected chi connectivity index (χ1v) is 7.56. The molecule has 2 aromatic carbocycles. The molecule has 1 heterocycles. The van der Waals surface area contributed by atoms with Crippen molar-refractivity contribution in [3.05, 3.63) is 53.2 Å². The van der Waals surface area contributed by atoms with Crippen molar-refractivity contribution >= 4 is 22.4 Å². The minimum Gasteiger partial charge on any atom is -0.493 e. The van der Waals surface area contributed by atoms with Gasteiger partial charge in [0.05, 0.1) is 24.8 Å². The fourth-order valence-corrected chi connectivity index (χ4v) is 3.04. The minimum atomic E-state index is 0.628. The van der Waals surface area contributed by atoms with Crippen LogP contribution in [0.3, 0.4) is 0 Å². The molecule has 4 nitrogen and oxygen atoms in total. The zero-order valence-corrected chi connectivity index (χ0v) is 14.0. The molecule has 3 rings (SSSR count). The van der Waals surface area contributed by atoms with Crippen LogP contribution in [0.15, 0.2) is 42.5 Å². The van der Waals surface area contributed by atoms with Crippen molar-refractivity contribution in [1.29, 1.82) is 0 Å². The molecule has 0 saturated carbocycles. The molecule has 0 saturated heterocycles. The van der Waals surface area contributed by atoms with Crippen molar-refractivity contribution < 1.29 is 14.1 Å². The molecule has 0 atom stereocenters. The van der Waals surface area contributed by atoms with E-state index < -0.39 is 0 Å². The molecule has 0 spiro atoms. The van der Waals surface area contributed by atoms with Gasteiger partial charge in [0, 0.05) is 13.0 Å². The van der Waals surface area contributed by atoms with Crippen LogP contribution in [-0.4, -0.2) is 14.2 Å². The summed E-state index contributed by atoms with van der Waals surface area (Å²) in [6, 6.07) is 13.5. The first-order valence-electron chi connectivity index (χ1n) is 7.18. The highest BCUT2D eigenvalue weighted by Crippen LogP contribution is 2.41. The van der Waals surface area contributed by atoms with Gasteiger partial charge in [-0.25, -0.2) is 5.84 Å². The van der Waals surface area contributed by atoms with Gasteiger partial charge in [0.2, 0.25) is 5.69 Å². The fraction of sp³-hybridized carbons (Fsp3) is 0.167. The van der Waals surface area contributed by atoms with Crippen LogP contribution >= 0.6 is 11.6 Å². The number of rotatable bonds is 3. The highest BCUT2D eigenvalue weighted by Gasteiger charge is 2.26. The second-order valence-electron chi connectivity index (χ2n) is 5.25. The molecular weight excluding hydrogens is 312 g/mol. The first kappa shape index (κ1) is 15.4. The largest absolute Gasteiger partial charge is 0.493 e. The van der Waals surface area contributed by atoms with E-state index in [-0.39, 0.29) is 0 Å². The van der Waals surface area contributed by atoms with Crippen LogP contribution in [0, 0.1) is 6.92 Å². The number of aromatic nitrogens is 1. The molecule has 0 fully saturated rings. The Bertz CT molecular complexity index is 894. The standard InChI is InChI=1S/C18H18ClN2O2/c1-11-10-12-8-9-15(22-2)18(23-3)16(12)17(21(11)20)13-6-4-5-7-14(13)19/h4-10H,20H2,1-3H3/q+1. The summed E-state index contributed by atoms with van der Waals surface area (Å²) in [5.41, 5.74) is 2.55. The molecule has 0 aliphatic carbocycles. The summed E-state index contributed by atoms with van der Waals surface area (Å²) >= 11 is 6.41. The number of nitrogen functional groups attached to an aromatic ring is 1. The molecule has 3 aromatic rings. The van der Waals surface area contributed by atoms with Crippen molar-refractivity contribution in [2.45, 2.75) is 6.92 Å². The smallest absolute Gasteiger partial charge is 0.255 e. The molecule has 0 amide bonds. The summed E-state index contributed by atoms with van der Waals surface area (Å²) in [5, 5.41) is 2.51. The van der Waals surface area contributed by atoms with E-state index in [0.717, 1.165) is 27.7 Å². The van der Waals surface area contributed by atoms with Gasteiger partial charge < -0.3 is 9.47 Å². The monoisotopic (exact) mass is 329 g/mol. The van der Waals surface area contributed by atoms with Crippen molar-refractivity contribution in [2.75, 3.05) is 20.1 Å². The van der Waals surface area contributed by atoms with E-state index >= 15 is 0 Å². The average Bonchev–Trinajstić information content (AvgIpc) is 2.56. The van der Waals surface area contributed by atoms with E-state index in [4.69, 9.17) is 26.9 Å². The second kappa shape index (κ2) is 5.97. The van der Waals surface area contributed by atoms with Crippen LogP contribution in [0.4, 0.5) is 0 Å². The number of hydrogen-bond acceptors (Lipinski definition) is 3. The molecule has 0 aliphatic rings. The van der Waals surface area contributed by atoms with E-state index in [0.29, 0.717) is 16.5 Å². The maximum atomic E-state index is 6.41.